The molecule has 2 aromatic carbocycles. The molecule has 0 aliphatic carbocycles. The van der Waals surface area contributed by atoms with Crippen LogP contribution >= 0.6 is 0 Å². The molecule has 0 radical (unpaired) electrons. The van der Waals surface area contributed by atoms with Gasteiger partial charge in [0.05, 0.1) is 23.7 Å². The summed E-state index contributed by atoms with van der Waals surface area (Å²) in [6.07, 6.45) is 0.440. The quantitative estimate of drug-likeness (QED) is 0.888. The third-order valence-corrected chi connectivity index (χ3v) is 5.27. The summed E-state index contributed by atoms with van der Waals surface area (Å²) in [6, 6.07) is 14.4. The number of nitrogens with one attached hydrogen (secondary N) is 1. The Kier molecular flexibility index (Phi) is 4.94. The second-order valence-corrected chi connectivity index (χ2v) is 7.70. The van der Waals surface area contributed by atoms with Gasteiger partial charge >= 0.3 is 0 Å². The van der Waals surface area contributed by atoms with Crippen LogP contribution in [0.4, 0.5) is 11.4 Å². The van der Waals surface area contributed by atoms with E-state index < -0.39 is 10.0 Å². The van der Waals surface area contributed by atoms with E-state index in [0.717, 1.165) is 5.56 Å². The number of ether oxygens (including phenoxy) is 1. The highest BCUT2D eigenvalue weighted by Gasteiger charge is 2.22. The van der Waals surface area contributed by atoms with E-state index in [4.69, 9.17) is 4.74 Å². The standard InChI is InChI=1S/C18H20N2O4S/c1-14(21)20-10-11-24-18-13-16(7-8-17(18)20)19-25(22,23)12-9-15-5-3-2-4-6-15/h2-8,13,19H,9-12H2,1H3. The molecular formula is C18H20N2O4S. The van der Waals surface area contributed by atoms with Crippen molar-refractivity contribution in [1.82, 2.24) is 0 Å². The number of benzene rings is 2. The van der Waals surface area contributed by atoms with Crippen LogP contribution in [0.5, 0.6) is 5.75 Å². The topological polar surface area (TPSA) is 75.7 Å². The molecule has 7 heteroatoms. The molecule has 0 saturated heterocycles. The van der Waals surface area contributed by atoms with E-state index in [0.29, 0.717) is 36.7 Å². The van der Waals surface area contributed by atoms with Crippen molar-refractivity contribution in [1.29, 1.82) is 0 Å². The van der Waals surface area contributed by atoms with Gasteiger partial charge in [0.15, 0.2) is 0 Å². The van der Waals surface area contributed by atoms with Crippen molar-refractivity contribution in [3.8, 4) is 5.75 Å². The van der Waals surface area contributed by atoms with Crippen LogP contribution in [0.25, 0.3) is 0 Å². The summed E-state index contributed by atoms with van der Waals surface area (Å²) in [4.78, 5) is 13.3. The molecule has 0 unspecified atom stereocenters. The van der Waals surface area contributed by atoms with Crippen LogP contribution < -0.4 is 14.4 Å². The second-order valence-electron chi connectivity index (χ2n) is 5.86. The number of fused-ring (bicyclic) bond motifs is 1. The van der Waals surface area contributed by atoms with Crippen LogP contribution in [0.1, 0.15) is 12.5 Å². The molecule has 0 fully saturated rings. The van der Waals surface area contributed by atoms with Gasteiger partial charge in [-0.3, -0.25) is 9.52 Å². The van der Waals surface area contributed by atoms with Gasteiger partial charge in [-0.2, -0.15) is 0 Å². The average Bonchev–Trinajstić information content (AvgIpc) is 2.60. The Hall–Kier alpha value is -2.54. The highest BCUT2D eigenvalue weighted by molar-refractivity contribution is 7.92. The molecule has 1 aliphatic heterocycles. The molecule has 0 saturated carbocycles. The molecule has 0 bridgehead atoms. The molecule has 1 amide bonds. The molecule has 25 heavy (non-hydrogen) atoms. The highest BCUT2D eigenvalue weighted by Crippen LogP contribution is 2.34. The fourth-order valence-corrected chi connectivity index (χ4v) is 3.83. The van der Waals surface area contributed by atoms with Crippen LogP contribution in [0.2, 0.25) is 0 Å². The van der Waals surface area contributed by atoms with Crippen molar-refractivity contribution in [3.05, 3.63) is 54.1 Å². The molecule has 2 aromatic rings. The van der Waals surface area contributed by atoms with Crippen molar-refractivity contribution >= 4 is 27.3 Å². The first kappa shape index (κ1) is 17.3. The van der Waals surface area contributed by atoms with Gasteiger partial charge in [-0.25, -0.2) is 8.42 Å². The minimum Gasteiger partial charge on any atom is -0.489 e. The Morgan fingerprint density at radius 2 is 1.96 bits per heavy atom. The maximum absolute atomic E-state index is 12.3. The molecule has 0 spiro atoms. The van der Waals surface area contributed by atoms with Gasteiger partial charge in [0.1, 0.15) is 12.4 Å². The Balaban J connectivity index is 1.71. The lowest BCUT2D eigenvalue weighted by Gasteiger charge is -2.29. The molecule has 132 valence electrons. The van der Waals surface area contributed by atoms with E-state index >= 15 is 0 Å². The zero-order valence-electron chi connectivity index (χ0n) is 13.9. The normalized spacial score (nSPS) is 13.7. The van der Waals surface area contributed by atoms with Gasteiger partial charge in [0.25, 0.3) is 0 Å². The molecule has 1 N–H and O–H groups in total. The lowest BCUT2D eigenvalue weighted by atomic mass is 10.2. The summed E-state index contributed by atoms with van der Waals surface area (Å²) in [6.45, 7) is 2.37. The van der Waals surface area contributed by atoms with Gasteiger partial charge in [-0.15, -0.1) is 0 Å². The van der Waals surface area contributed by atoms with Crippen molar-refractivity contribution in [2.45, 2.75) is 13.3 Å². The molecule has 6 nitrogen and oxygen atoms in total. The second kappa shape index (κ2) is 7.14. The number of sulfonamides is 1. The van der Waals surface area contributed by atoms with Crippen molar-refractivity contribution < 1.29 is 17.9 Å². The Labute approximate surface area is 147 Å². The first-order chi connectivity index (χ1) is 11.9. The lowest BCUT2D eigenvalue weighted by Crippen LogP contribution is -2.36. The first-order valence-electron chi connectivity index (χ1n) is 8.04. The smallest absolute Gasteiger partial charge is 0.233 e. The molecular weight excluding hydrogens is 340 g/mol. The SMILES string of the molecule is CC(=O)N1CCOc2cc(NS(=O)(=O)CCc3ccccc3)ccc21. The van der Waals surface area contributed by atoms with Crippen LogP contribution in [0, 0.1) is 0 Å². The van der Waals surface area contributed by atoms with Crippen molar-refractivity contribution in [3.63, 3.8) is 0 Å². The fourth-order valence-electron chi connectivity index (χ4n) is 2.74. The Morgan fingerprint density at radius 3 is 2.68 bits per heavy atom. The third kappa shape index (κ3) is 4.30. The van der Waals surface area contributed by atoms with E-state index in [1.54, 1.807) is 23.1 Å². The fraction of sp³-hybridized carbons (Fsp3) is 0.278. The van der Waals surface area contributed by atoms with E-state index in [-0.39, 0.29) is 11.7 Å². The molecule has 3 rings (SSSR count). The number of amides is 1. The Morgan fingerprint density at radius 1 is 1.20 bits per heavy atom. The third-order valence-electron chi connectivity index (χ3n) is 3.98. The summed E-state index contributed by atoms with van der Waals surface area (Å²) in [5.41, 5.74) is 2.06. The number of rotatable bonds is 5. The van der Waals surface area contributed by atoms with Crippen LogP contribution in [-0.2, 0) is 21.2 Å². The predicted octanol–water partition coefficient (Wildman–Crippen LogP) is 2.42. The highest BCUT2D eigenvalue weighted by atomic mass is 32.2. The summed E-state index contributed by atoms with van der Waals surface area (Å²) < 4.78 is 32.7. The minimum atomic E-state index is -3.48. The number of nitrogens with zero attached hydrogens (tertiary/aromatic N) is 1. The first-order valence-corrected chi connectivity index (χ1v) is 9.69. The Bertz CT molecular complexity index is 866. The monoisotopic (exact) mass is 360 g/mol. The van der Waals surface area contributed by atoms with Gasteiger partial charge < -0.3 is 9.64 Å². The summed E-state index contributed by atoms with van der Waals surface area (Å²) in [5, 5.41) is 0. The number of hydrogen-bond donors (Lipinski definition) is 1. The van der Waals surface area contributed by atoms with E-state index in [1.165, 1.54) is 6.92 Å². The number of carbonyl (C=O) groups excluding carboxylic acids is 1. The van der Waals surface area contributed by atoms with Crippen LogP contribution in [0.3, 0.4) is 0 Å². The maximum Gasteiger partial charge on any atom is 0.233 e. The minimum absolute atomic E-state index is 0.00543. The summed E-state index contributed by atoms with van der Waals surface area (Å²) in [7, 11) is -3.48. The van der Waals surface area contributed by atoms with Gasteiger partial charge in [-0.1, -0.05) is 30.3 Å². The molecule has 0 atom stereocenters. The van der Waals surface area contributed by atoms with E-state index in [9.17, 15) is 13.2 Å². The molecule has 1 heterocycles. The van der Waals surface area contributed by atoms with Gasteiger partial charge in [0, 0.05) is 13.0 Å². The van der Waals surface area contributed by atoms with E-state index in [2.05, 4.69) is 4.72 Å². The van der Waals surface area contributed by atoms with Gasteiger partial charge in [-0.05, 0) is 24.1 Å². The van der Waals surface area contributed by atoms with Gasteiger partial charge in [0.2, 0.25) is 15.9 Å². The number of aryl methyl sites for hydroxylation is 1. The number of hydrogen-bond acceptors (Lipinski definition) is 4. The largest absolute Gasteiger partial charge is 0.489 e. The summed E-state index contributed by atoms with van der Waals surface area (Å²) >= 11 is 0. The summed E-state index contributed by atoms with van der Waals surface area (Å²) in [5.74, 6) is 0.430. The zero-order chi connectivity index (χ0) is 17.9. The zero-order valence-corrected chi connectivity index (χ0v) is 14.8. The lowest BCUT2D eigenvalue weighted by molar-refractivity contribution is -0.116. The number of carbonyl (C=O) groups is 1. The predicted molar refractivity (Wildman–Crippen MR) is 97.5 cm³/mol. The maximum atomic E-state index is 12.3. The number of anilines is 2. The molecule has 1 aliphatic rings. The molecule has 0 aromatic heterocycles. The van der Waals surface area contributed by atoms with Crippen LogP contribution in [0.15, 0.2) is 48.5 Å². The average molecular weight is 360 g/mol. The van der Waals surface area contributed by atoms with E-state index in [1.807, 2.05) is 30.3 Å². The van der Waals surface area contributed by atoms with Crippen LogP contribution in [-0.4, -0.2) is 33.2 Å². The van der Waals surface area contributed by atoms with Crippen molar-refractivity contribution in [2.75, 3.05) is 28.5 Å². The van der Waals surface area contributed by atoms with Crippen molar-refractivity contribution in [2.24, 2.45) is 0 Å².